The van der Waals surface area contributed by atoms with E-state index >= 15 is 0 Å². The van der Waals surface area contributed by atoms with Crippen LogP contribution in [-0.4, -0.2) is 99.6 Å². The average molecular weight is 501 g/mol. The Labute approximate surface area is 205 Å². The van der Waals surface area contributed by atoms with E-state index in [1.54, 1.807) is 19.0 Å². The van der Waals surface area contributed by atoms with Crippen LogP contribution in [0.1, 0.15) is 32.7 Å². The number of carbonyl (C=O) groups is 4. The molecule has 0 unspecified atom stereocenters. The molecule has 1 aromatic carbocycles. The van der Waals surface area contributed by atoms with Crippen LogP contribution in [0.3, 0.4) is 0 Å². The lowest BCUT2D eigenvalue weighted by Crippen LogP contribution is -2.75. The van der Waals surface area contributed by atoms with Crippen molar-refractivity contribution in [2.24, 2.45) is 11.7 Å². The third kappa shape index (κ3) is 2.92. The van der Waals surface area contributed by atoms with Crippen LogP contribution in [0.25, 0.3) is 0 Å². The Bertz CT molecular complexity index is 1310. The number of nitrogens with two attached hydrogens (primary N) is 1. The molecule has 0 fully saturated rings. The number of nitrogens with zero attached hydrogens (tertiary/aromatic N) is 2. The number of anilines is 1. The fourth-order valence-electron chi connectivity index (χ4n) is 5.91. The molecule has 0 aliphatic heterocycles. The van der Waals surface area contributed by atoms with E-state index in [2.05, 4.69) is 0 Å². The number of hydrogen-bond donors (Lipinski definition) is 6. The van der Waals surface area contributed by atoms with Gasteiger partial charge in [-0.15, -0.1) is 0 Å². The highest BCUT2D eigenvalue weighted by Gasteiger charge is 2.71. The summed E-state index contributed by atoms with van der Waals surface area (Å²) in [5, 5.41) is 56.1. The molecule has 0 saturated heterocycles. The number of rotatable bonds is 4. The van der Waals surface area contributed by atoms with Crippen molar-refractivity contribution in [3.8, 4) is 5.75 Å². The highest BCUT2D eigenvalue weighted by atomic mass is 16.4. The molecule has 1 aromatic rings. The summed E-state index contributed by atoms with van der Waals surface area (Å²) < 4.78 is 0. The number of amides is 1. The molecule has 3 aliphatic rings. The largest absolute Gasteiger partial charge is 0.510 e. The first-order valence-electron chi connectivity index (χ1n) is 11.0. The molecule has 12 nitrogen and oxygen atoms in total. The van der Waals surface area contributed by atoms with E-state index in [1.807, 2.05) is 0 Å². The van der Waals surface area contributed by atoms with Gasteiger partial charge in [0, 0.05) is 25.4 Å². The lowest BCUT2D eigenvalue weighted by molar-refractivity contribution is -0.199. The highest BCUT2D eigenvalue weighted by molar-refractivity contribution is 6.25. The molecule has 7 N–H and O–H groups in total. The van der Waals surface area contributed by atoms with Crippen molar-refractivity contribution in [3.05, 3.63) is 45.4 Å². The number of aldehydes is 1. The first kappa shape index (κ1) is 25.4. The van der Waals surface area contributed by atoms with Crippen LogP contribution < -0.4 is 10.6 Å². The molecular formula is C24H27N3O9. The van der Waals surface area contributed by atoms with E-state index in [4.69, 9.17) is 5.73 Å². The van der Waals surface area contributed by atoms with Gasteiger partial charge in [-0.05, 0) is 44.5 Å². The first-order chi connectivity index (χ1) is 16.6. The minimum Gasteiger partial charge on any atom is -0.510 e. The molecule has 4 atom stereocenters. The maximum Gasteiger partial charge on any atom is 0.255 e. The van der Waals surface area contributed by atoms with Crippen molar-refractivity contribution < 1.29 is 44.7 Å². The van der Waals surface area contributed by atoms with Gasteiger partial charge in [0.05, 0.1) is 11.1 Å². The predicted molar refractivity (Wildman–Crippen MR) is 125 cm³/mol. The maximum absolute atomic E-state index is 13.7. The number of carbonyl (C=O) groups excluding carboxylic acids is 4. The Kier molecular flexibility index (Phi) is 5.55. The molecule has 0 heterocycles. The number of phenolic OH excluding ortho intramolecular Hbond substituents is 1. The van der Waals surface area contributed by atoms with Crippen molar-refractivity contribution in [3.63, 3.8) is 0 Å². The summed E-state index contributed by atoms with van der Waals surface area (Å²) in [5.74, 6) is -7.58. The summed E-state index contributed by atoms with van der Waals surface area (Å²) in [4.78, 5) is 53.4. The third-order valence-electron chi connectivity index (χ3n) is 7.42. The fourth-order valence-corrected chi connectivity index (χ4v) is 5.91. The molecule has 0 aromatic heterocycles. The smallest absolute Gasteiger partial charge is 0.255 e. The van der Waals surface area contributed by atoms with E-state index < -0.39 is 75.5 Å². The monoisotopic (exact) mass is 501 g/mol. The molecule has 0 bridgehead atoms. The number of phenols is 1. The molecule has 0 saturated carbocycles. The summed E-state index contributed by atoms with van der Waals surface area (Å²) in [6.45, 7) is 0. The molecule has 4 rings (SSSR count). The van der Waals surface area contributed by atoms with Crippen LogP contribution in [0.5, 0.6) is 5.75 Å². The molecule has 0 radical (unpaired) electrons. The van der Waals surface area contributed by atoms with E-state index in [0.717, 1.165) is 0 Å². The second-order valence-electron chi connectivity index (χ2n) is 9.85. The molecule has 36 heavy (non-hydrogen) atoms. The number of benzene rings is 1. The molecule has 3 aliphatic carbocycles. The number of likely N-dealkylation sites (N-methyl/N-ethyl adjacent to an activating group) is 1. The van der Waals surface area contributed by atoms with Gasteiger partial charge in [-0.25, -0.2) is 0 Å². The van der Waals surface area contributed by atoms with Gasteiger partial charge >= 0.3 is 0 Å². The number of hydrogen-bond acceptors (Lipinski definition) is 11. The maximum atomic E-state index is 13.7. The molecular weight excluding hydrogens is 474 g/mol. The van der Waals surface area contributed by atoms with Crippen molar-refractivity contribution in [2.45, 2.75) is 30.1 Å². The second-order valence-corrected chi connectivity index (χ2v) is 9.85. The Balaban J connectivity index is 2.06. The second kappa shape index (κ2) is 7.88. The fraction of sp³-hybridized carbons (Fsp3) is 0.417. The number of aliphatic hydroxyl groups excluding tert-OH is 2. The zero-order chi connectivity index (χ0) is 27.1. The SMILES string of the molecule is CN(C)c1cc(C=O)c(O)c2c1C[C@H]1C[C@@]3(O)[C@H](N(C)C)C(O)=C(C(N)=O)C(=O)[C@@]3(O)C(O)=C1C2=O. The van der Waals surface area contributed by atoms with Gasteiger partial charge in [-0.1, -0.05) is 0 Å². The zero-order valence-electron chi connectivity index (χ0n) is 20.1. The van der Waals surface area contributed by atoms with Gasteiger partial charge in [0.15, 0.2) is 12.1 Å². The number of allylic oxidation sites excluding steroid dienone is 1. The van der Waals surface area contributed by atoms with Gasteiger partial charge in [-0.2, -0.15) is 0 Å². The van der Waals surface area contributed by atoms with Gasteiger partial charge in [0.2, 0.25) is 11.4 Å². The van der Waals surface area contributed by atoms with E-state index in [1.165, 1.54) is 25.1 Å². The molecule has 0 spiro atoms. The summed E-state index contributed by atoms with van der Waals surface area (Å²) in [7, 11) is 6.15. The Morgan fingerprint density at radius 2 is 1.75 bits per heavy atom. The van der Waals surface area contributed by atoms with E-state index in [-0.39, 0.29) is 17.5 Å². The van der Waals surface area contributed by atoms with Crippen molar-refractivity contribution in [1.29, 1.82) is 0 Å². The number of aliphatic hydroxyl groups is 4. The van der Waals surface area contributed by atoms with Crippen LogP contribution in [0.15, 0.2) is 28.7 Å². The highest BCUT2D eigenvalue weighted by Crippen LogP contribution is 2.55. The number of Topliss-reactive ketones (excluding diaryl/α,β-unsaturated/α-hetero) is 2. The predicted octanol–water partition coefficient (Wildman–Crippen LogP) is -0.886. The minimum absolute atomic E-state index is 0.0272. The Morgan fingerprint density at radius 3 is 2.25 bits per heavy atom. The summed E-state index contributed by atoms with van der Waals surface area (Å²) >= 11 is 0. The minimum atomic E-state index is -3.21. The average Bonchev–Trinajstić information content (AvgIpc) is 2.76. The number of primary amides is 1. The van der Waals surface area contributed by atoms with Crippen molar-refractivity contribution in [2.75, 3.05) is 33.1 Å². The quantitative estimate of drug-likeness (QED) is 0.221. The first-order valence-corrected chi connectivity index (χ1v) is 11.0. The topological polar surface area (TPSA) is 202 Å². The molecule has 12 heteroatoms. The van der Waals surface area contributed by atoms with E-state index in [0.29, 0.717) is 17.5 Å². The van der Waals surface area contributed by atoms with Crippen molar-refractivity contribution >= 4 is 29.4 Å². The number of fused-ring (bicyclic) bond motifs is 3. The van der Waals surface area contributed by atoms with Crippen molar-refractivity contribution in [1.82, 2.24) is 4.90 Å². The zero-order valence-corrected chi connectivity index (χ0v) is 20.1. The summed E-state index contributed by atoms with van der Waals surface area (Å²) in [6.07, 6.45) is -0.148. The van der Waals surface area contributed by atoms with E-state index in [9.17, 15) is 44.7 Å². The van der Waals surface area contributed by atoms with Crippen LogP contribution in [0.2, 0.25) is 0 Å². The van der Waals surface area contributed by atoms with Crippen LogP contribution in [0, 0.1) is 5.92 Å². The summed E-state index contributed by atoms with van der Waals surface area (Å²) in [5.41, 5.74) is -1.66. The lowest BCUT2D eigenvalue weighted by Gasteiger charge is -2.55. The van der Waals surface area contributed by atoms with Gasteiger partial charge < -0.3 is 36.2 Å². The van der Waals surface area contributed by atoms with Crippen LogP contribution in [0.4, 0.5) is 5.69 Å². The molecule has 192 valence electrons. The Hall–Kier alpha value is -3.74. The van der Waals surface area contributed by atoms with Gasteiger partial charge in [0.25, 0.3) is 5.91 Å². The standard InChI is InChI=1S/C24H27N3O9/c1-26(2)12-6-10(8-28)16(29)14-11(12)5-9-7-23(35)19(27(3)4)18(31)15(22(25)34)21(33)24(23,36)20(32)13(9)17(14)30/h6,8-9,19,29,31-32,35-36H,5,7H2,1-4H3,(H2,25,34)/t9-,19+,23+,24-/m0/s1. The van der Waals surface area contributed by atoms with Crippen LogP contribution in [-0.2, 0) is 16.0 Å². The normalized spacial score (nSPS) is 29.6. The van der Waals surface area contributed by atoms with Gasteiger partial charge in [0.1, 0.15) is 34.5 Å². The van der Waals surface area contributed by atoms with Gasteiger partial charge in [-0.3, -0.25) is 24.1 Å². The third-order valence-corrected chi connectivity index (χ3v) is 7.42. The lowest BCUT2D eigenvalue weighted by atomic mass is 9.56. The molecule has 1 amide bonds. The number of ketones is 2. The summed E-state index contributed by atoms with van der Waals surface area (Å²) in [6, 6.07) is -0.153. The van der Waals surface area contributed by atoms with Crippen LogP contribution >= 0.6 is 0 Å². The number of aromatic hydroxyl groups is 1. The Morgan fingerprint density at radius 1 is 1.14 bits per heavy atom.